The van der Waals surface area contributed by atoms with E-state index in [0.29, 0.717) is 25.2 Å². The van der Waals surface area contributed by atoms with Crippen molar-refractivity contribution in [2.75, 3.05) is 11.9 Å². The fraction of sp³-hybridized carbons (Fsp3) is 0.450. The number of rotatable bonds is 6. The van der Waals surface area contributed by atoms with Crippen LogP contribution in [0.4, 0.5) is 19.0 Å². The van der Waals surface area contributed by atoms with E-state index in [2.05, 4.69) is 20.6 Å². The number of hydrogen-bond donors (Lipinski definition) is 3. The summed E-state index contributed by atoms with van der Waals surface area (Å²) in [5, 5.41) is 6.30. The molecule has 0 bridgehead atoms. The molecular formula is C20H24ClF3N6O. The van der Waals surface area contributed by atoms with Crippen LogP contribution in [0.15, 0.2) is 41.2 Å². The summed E-state index contributed by atoms with van der Waals surface area (Å²) < 4.78 is 40.3. The van der Waals surface area contributed by atoms with Crippen LogP contribution < -0.4 is 16.4 Å². The van der Waals surface area contributed by atoms with Crippen LogP contribution in [0.3, 0.4) is 0 Å². The van der Waals surface area contributed by atoms with Gasteiger partial charge in [-0.05, 0) is 44.7 Å². The van der Waals surface area contributed by atoms with Gasteiger partial charge in [-0.15, -0.1) is 0 Å². The van der Waals surface area contributed by atoms with Crippen LogP contribution >= 0.6 is 11.6 Å². The molecule has 3 rings (SSSR count). The van der Waals surface area contributed by atoms with Crippen molar-refractivity contribution < 1.29 is 18.0 Å². The second kappa shape index (κ2) is 9.59. The van der Waals surface area contributed by atoms with Crippen molar-refractivity contribution in [3.05, 3.63) is 41.9 Å². The molecule has 7 nitrogen and oxygen atoms in total. The van der Waals surface area contributed by atoms with Crippen molar-refractivity contribution in [3.63, 3.8) is 0 Å². The molecule has 2 aromatic heterocycles. The molecule has 0 radical (unpaired) electrons. The average Bonchev–Trinajstić information content (AvgIpc) is 3.16. The second-order valence-electron chi connectivity index (χ2n) is 7.27. The Morgan fingerprint density at radius 2 is 2.00 bits per heavy atom. The van der Waals surface area contributed by atoms with Gasteiger partial charge in [-0.2, -0.15) is 13.2 Å². The predicted molar refractivity (Wildman–Crippen MR) is 114 cm³/mol. The Kier molecular flexibility index (Phi) is 7.09. The lowest BCUT2D eigenvalue weighted by Gasteiger charge is -2.30. The number of aliphatic imine (C=N–C) groups is 1. The standard InChI is InChI=1S/C20H24ClF3N6O/c1-2-26-18(21)14(10-25)19(31)28-13-8-6-12(7-9-13)27-16-4-3-5-17-29-15(11-30(16)17)20(22,23)24/h3-5,10-13,27H,2,6-9,25H2,1H3,(H,28,31)/b14-10+,26-18?. The zero-order valence-corrected chi connectivity index (χ0v) is 17.7. The first-order chi connectivity index (χ1) is 14.7. The molecule has 0 aliphatic heterocycles. The molecule has 0 saturated heterocycles. The van der Waals surface area contributed by atoms with Crippen LogP contribution in [0, 0.1) is 0 Å². The van der Waals surface area contributed by atoms with Gasteiger partial charge in [0.15, 0.2) is 5.69 Å². The Bertz CT molecular complexity index is 992. The first-order valence-corrected chi connectivity index (χ1v) is 10.4. The van der Waals surface area contributed by atoms with Crippen LogP contribution in [-0.4, -0.2) is 39.1 Å². The summed E-state index contributed by atoms with van der Waals surface area (Å²) in [6, 6.07) is 4.93. The second-order valence-corrected chi connectivity index (χ2v) is 7.63. The van der Waals surface area contributed by atoms with Gasteiger partial charge in [0.2, 0.25) is 0 Å². The van der Waals surface area contributed by atoms with Gasteiger partial charge in [-0.25, -0.2) is 4.98 Å². The third kappa shape index (κ3) is 5.49. The Hall–Kier alpha value is -2.75. The van der Waals surface area contributed by atoms with E-state index in [-0.39, 0.29) is 34.4 Å². The number of hydrogen-bond acceptors (Lipinski definition) is 5. The van der Waals surface area contributed by atoms with E-state index < -0.39 is 11.9 Å². The highest BCUT2D eigenvalue weighted by molar-refractivity contribution is 6.72. The number of amides is 1. The van der Waals surface area contributed by atoms with Crippen molar-refractivity contribution in [2.24, 2.45) is 10.7 Å². The van der Waals surface area contributed by atoms with Crippen LogP contribution in [-0.2, 0) is 11.0 Å². The Morgan fingerprint density at radius 1 is 1.32 bits per heavy atom. The molecule has 0 atom stereocenters. The molecule has 1 aliphatic carbocycles. The molecule has 0 unspecified atom stereocenters. The molecule has 11 heteroatoms. The fourth-order valence-corrected chi connectivity index (χ4v) is 3.85. The molecule has 2 aromatic rings. The molecule has 168 valence electrons. The Morgan fingerprint density at radius 3 is 2.61 bits per heavy atom. The SMILES string of the molecule is CCN=C(Cl)/C(=C\N)C(=O)NC1CCC(Nc2cccc3nc(C(F)(F)F)cn23)CC1. The number of fused-ring (bicyclic) bond motifs is 1. The van der Waals surface area contributed by atoms with E-state index >= 15 is 0 Å². The highest BCUT2D eigenvalue weighted by Gasteiger charge is 2.34. The minimum absolute atomic E-state index is 0.0486. The van der Waals surface area contributed by atoms with Gasteiger partial charge < -0.3 is 16.4 Å². The van der Waals surface area contributed by atoms with Crippen LogP contribution in [0.1, 0.15) is 38.3 Å². The number of nitrogens with zero attached hydrogens (tertiary/aromatic N) is 3. The lowest BCUT2D eigenvalue weighted by atomic mass is 9.91. The summed E-state index contributed by atoms with van der Waals surface area (Å²) in [5.41, 5.74) is 4.95. The third-order valence-corrected chi connectivity index (χ3v) is 5.45. The molecule has 2 heterocycles. The minimum atomic E-state index is -4.50. The van der Waals surface area contributed by atoms with E-state index in [1.54, 1.807) is 19.1 Å². The number of imidazole rings is 1. The number of nitrogens with two attached hydrogens (primary N) is 1. The summed E-state index contributed by atoms with van der Waals surface area (Å²) in [7, 11) is 0. The smallest absolute Gasteiger partial charge is 0.404 e. The topological polar surface area (TPSA) is 96.8 Å². The quantitative estimate of drug-likeness (QED) is 0.456. The van der Waals surface area contributed by atoms with Crippen LogP contribution in [0.25, 0.3) is 5.65 Å². The minimum Gasteiger partial charge on any atom is -0.404 e. The molecule has 1 amide bonds. The number of carbonyl (C=O) groups is 1. The highest BCUT2D eigenvalue weighted by Crippen LogP contribution is 2.30. The molecule has 1 fully saturated rings. The summed E-state index contributed by atoms with van der Waals surface area (Å²) in [4.78, 5) is 20.1. The van der Waals surface area contributed by atoms with E-state index in [9.17, 15) is 18.0 Å². The maximum atomic E-state index is 13.0. The van der Waals surface area contributed by atoms with Crippen molar-refractivity contribution in [2.45, 2.75) is 50.9 Å². The number of halogens is 4. The third-order valence-electron chi connectivity index (χ3n) is 5.13. The first kappa shape index (κ1) is 22.9. The highest BCUT2D eigenvalue weighted by atomic mass is 35.5. The van der Waals surface area contributed by atoms with Gasteiger partial charge in [0, 0.05) is 31.0 Å². The fourth-order valence-electron chi connectivity index (χ4n) is 3.58. The maximum absolute atomic E-state index is 13.0. The number of aromatic nitrogens is 2. The van der Waals surface area contributed by atoms with E-state index in [1.807, 2.05) is 0 Å². The van der Waals surface area contributed by atoms with Crippen LogP contribution in [0.5, 0.6) is 0 Å². The van der Waals surface area contributed by atoms with Gasteiger partial charge >= 0.3 is 6.18 Å². The first-order valence-electron chi connectivity index (χ1n) is 9.97. The van der Waals surface area contributed by atoms with Gasteiger partial charge in [0.05, 0.1) is 5.57 Å². The molecule has 0 spiro atoms. The Labute approximate surface area is 182 Å². The summed E-state index contributed by atoms with van der Waals surface area (Å²) in [6.07, 6.45) is 0.522. The van der Waals surface area contributed by atoms with Crippen LogP contribution in [0.2, 0.25) is 0 Å². The van der Waals surface area contributed by atoms with Gasteiger partial charge in [0.1, 0.15) is 16.6 Å². The largest absolute Gasteiger partial charge is 0.434 e. The number of anilines is 1. The molecule has 0 aromatic carbocycles. The summed E-state index contributed by atoms with van der Waals surface area (Å²) in [5.74, 6) is 0.174. The predicted octanol–water partition coefficient (Wildman–Crippen LogP) is 3.69. The van der Waals surface area contributed by atoms with Gasteiger partial charge in [-0.1, -0.05) is 17.7 Å². The van der Waals surface area contributed by atoms with Crippen molar-refractivity contribution >= 4 is 34.1 Å². The average molecular weight is 457 g/mol. The molecule has 1 saturated carbocycles. The number of carbonyl (C=O) groups excluding carboxylic acids is 1. The van der Waals surface area contributed by atoms with Crippen molar-refractivity contribution in [1.29, 1.82) is 0 Å². The lowest BCUT2D eigenvalue weighted by molar-refractivity contribution is -0.140. The molecule has 1 aliphatic rings. The lowest BCUT2D eigenvalue weighted by Crippen LogP contribution is -2.41. The monoisotopic (exact) mass is 456 g/mol. The van der Waals surface area contributed by atoms with Crippen molar-refractivity contribution in [3.8, 4) is 0 Å². The van der Waals surface area contributed by atoms with Gasteiger partial charge in [-0.3, -0.25) is 14.2 Å². The zero-order chi connectivity index (χ0) is 22.6. The Balaban J connectivity index is 1.60. The maximum Gasteiger partial charge on any atom is 0.434 e. The molecule has 4 N–H and O–H groups in total. The number of nitrogens with one attached hydrogen (secondary N) is 2. The van der Waals surface area contributed by atoms with E-state index in [1.165, 1.54) is 10.5 Å². The van der Waals surface area contributed by atoms with E-state index in [0.717, 1.165) is 25.2 Å². The van der Waals surface area contributed by atoms with Crippen molar-refractivity contribution in [1.82, 2.24) is 14.7 Å². The normalized spacial score (nSPS) is 20.7. The van der Waals surface area contributed by atoms with Gasteiger partial charge in [0.25, 0.3) is 5.91 Å². The molecule has 31 heavy (non-hydrogen) atoms. The summed E-state index contributed by atoms with van der Waals surface area (Å²) >= 11 is 6.00. The van der Waals surface area contributed by atoms with E-state index in [4.69, 9.17) is 17.3 Å². The number of pyridine rings is 1. The zero-order valence-electron chi connectivity index (χ0n) is 16.9. The number of alkyl halides is 3. The molecular weight excluding hydrogens is 433 g/mol. The summed E-state index contributed by atoms with van der Waals surface area (Å²) in [6.45, 7) is 2.24.